The second-order valence-electron chi connectivity index (χ2n) is 6.61. The number of halogens is 1. The Balaban J connectivity index is 1.83. The summed E-state index contributed by atoms with van der Waals surface area (Å²) >= 11 is 0. The van der Waals surface area contributed by atoms with Crippen molar-refractivity contribution in [3.63, 3.8) is 0 Å². The van der Waals surface area contributed by atoms with Crippen molar-refractivity contribution in [1.82, 2.24) is 5.32 Å². The molecule has 1 unspecified atom stereocenters. The summed E-state index contributed by atoms with van der Waals surface area (Å²) in [6, 6.07) is 12.6. The molecule has 7 heteroatoms. The molecule has 5 nitrogen and oxygen atoms in total. The molecule has 2 aromatic carbocycles. The Bertz CT molecular complexity index is 866. The third-order valence-electron chi connectivity index (χ3n) is 4.14. The Morgan fingerprint density at radius 1 is 1.15 bits per heavy atom. The first-order valence-electron chi connectivity index (χ1n) is 8.74. The van der Waals surface area contributed by atoms with Gasteiger partial charge in [-0.25, -0.2) is 12.8 Å². The normalized spacial score (nSPS) is 12.6. The number of hydrogen-bond acceptors (Lipinski definition) is 4. The minimum atomic E-state index is -3.47. The van der Waals surface area contributed by atoms with Crippen LogP contribution in [-0.4, -0.2) is 31.8 Å². The van der Waals surface area contributed by atoms with Gasteiger partial charge in [-0.05, 0) is 47.7 Å². The van der Waals surface area contributed by atoms with E-state index >= 15 is 0 Å². The monoisotopic (exact) mass is 393 g/mol. The highest BCUT2D eigenvalue weighted by Gasteiger charge is 2.14. The lowest BCUT2D eigenvalue weighted by Gasteiger charge is -2.12. The Morgan fingerprint density at radius 3 is 2.48 bits per heavy atom. The van der Waals surface area contributed by atoms with E-state index in [0.717, 1.165) is 11.1 Å². The number of rotatable bonds is 9. The van der Waals surface area contributed by atoms with Gasteiger partial charge in [0.05, 0.1) is 17.3 Å². The lowest BCUT2D eigenvalue weighted by molar-refractivity contribution is -0.122. The van der Waals surface area contributed by atoms with Crippen LogP contribution in [0.4, 0.5) is 4.39 Å². The zero-order chi connectivity index (χ0) is 19.9. The molecule has 0 aliphatic rings. The molecule has 0 bridgehead atoms. The molecule has 0 aliphatic carbocycles. The average Bonchev–Trinajstić information content (AvgIpc) is 2.60. The molecule has 2 N–H and O–H groups in total. The molecular formula is C20H24FNO4S. The fraction of sp³-hybridized carbons (Fsp3) is 0.350. The number of aliphatic hydroxyl groups is 1. The quantitative estimate of drug-likeness (QED) is 0.686. The van der Waals surface area contributed by atoms with Gasteiger partial charge in [0, 0.05) is 13.0 Å². The smallest absolute Gasteiger partial charge is 0.220 e. The maximum absolute atomic E-state index is 13.2. The fourth-order valence-corrected chi connectivity index (χ4v) is 3.81. The summed E-state index contributed by atoms with van der Waals surface area (Å²) < 4.78 is 36.9. The van der Waals surface area contributed by atoms with E-state index in [0.29, 0.717) is 19.4 Å². The molecular weight excluding hydrogens is 369 g/mol. The number of hydrogen-bond donors (Lipinski definition) is 2. The predicted octanol–water partition coefficient (Wildman–Crippen LogP) is 2.48. The van der Waals surface area contributed by atoms with E-state index in [1.807, 2.05) is 13.0 Å². The van der Waals surface area contributed by atoms with E-state index in [4.69, 9.17) is 5.11 Å². The topological polar surface area (TPSA) is 83.5 Å². The van der Waals surface area contributed by atoms with Crippen LogP contribution in [-0.2, 0) is 27.6 Å². The SMILES string of the molecule is CC(CC(=O)NCc1ccc(S(=O)(=O)CCO)cc1)Cc1cccc(F)c1. The van der Waals surface area contributed by atoms with Gasteiger partial charge < -0.3 is 10.4 Å². The fourth-order valence-electron chi connectivity index (χ4n) is 2.78. The summed E-state index contributed by atoms with van der Waals surface area (Å²) in [5.74, 6) is -0.644. The Hall–Kier alpha value is -2.25. The standard InChI is InChI=1S/C20H24FNO4S/c1-15(11-17-3-2-4-18(21)13-17)12-20(24)22-14-16-5-7-19(8-6-16)27(25,26)10-9-23/h2-8,13,15,23H,9-12,14H2,1H3,(H,22,24). The molecule has 0 saturated carbocycles. The average molecular weight is 393 g/mol. The zero-order valence-electron chi connectivity index (χ0n) is 15.2. The summed E-state index contributed by atoms with van der Waals surface area (Å²) in [7, 11) is -3.47. The lowest BCUT2D eigenvalue weighted by Crippen LogP contribution is -2.25. The number of sulfone groups is 1. The first-order valence-corrected chi connectivity index (χ1v) is 10.4. The molecule has 0 heterocycles. The van der Waals surface area contributed by atoms with Gasteiger partial charge in [0.2, 0.25) is 5.91 Å². The molecule has 0 saturated heterocycles. The third kappa shape index (κ3) is 6.77. The van der Waals surface area contributed by atoms with E-state index < -0.39 is 16.4 Å². The van der Waals surface area contributed by atoms with Crippen molar-refractivity contribution < 1.29 is 22.7 Å². The summed E-state index contributed by atoms with van der Waals surface area (Å²) in [6.45, 7) is 1.81. The molecule has 0 aromatic heterocycles. The van der Waals surface area contributed by atoms with Crippen molar-refractivity contribution in [3.8, 4) is 0 Å². The summed E-state index contributed by atoms with van der Waals surface area (Å²) in [5, 5.41) is 11.6. The van der Waals surface area contributed by atoms with Gasteiger partial charge in [0.15, 0.2) is 9.84 Å². The largest absolute Gasteiger partial charge is 0.395 e. The molecule has 0 aliphatic heterocycles. The molecule has 0 fully saturated rings. The number of carbonyl (C=O) groups is 1. The van der Waals surface area contributed by atoms with Crippen molar-refractivity contribution in [3.05, 3.63) is 65.5 Å². The highest BCUT2D eigenvalue weighted by atomic mass is 32.2. The molecule has 2 rings (SSSR count). The zero-order valence-corrected chi connectivity index (χ0v) is 16.0. The maximum atomic E-state index is 13.2. The van der Waals surface area contributed by atoms with Crippen molar-refractivity contribution >= 4 is 15.7 Å². The predicted molar refractivity (Wildman–Crippen MR) is 101 cm³/mol. The number of benzene rings is 2. The third-order valence-corrected chi connectivity index (χ3v) is 5.85. The summed E-state index contributed by atoms with van der Waals surface area (Å²) in [6.07, 6.45) is 0.933. The van der Waals surface area contributed by atoms with Crippen molar-refractivity contribution in [2.24, 2.45) is 5.92 Å². The second kappa shape index (κ2) is 9.62. The minimum absolute atomic E-state index is 0.0674. The number of aliphatic hydroxyl groups excluding tert-OH is 1. The number of amides is 1. The second-order valence-corrected chi connectivity index (χ2v) is 8.72. The molecule has 1 atom stereocenters. The Kier molecular flexibility index (Phi) is 7.50. The van der Waals surface area contributed by atoms with Crippen LogP contribution >= 0.6 is 0 Å². The van der Waals surface area contributed by atoms with Crippen LogP contribution in [0.1, 0.15) is 24.5 Å². The van der Waals surface area contributed by atoms with Crippen LogP contribution < -0.4 is 5.32 Å². The van der Waals surface area contributed by atoms with Crippen molar-refractivity contribution in [2.75, 3.05) is 12.4 Å². The first-order chi connectivity index (χ1) is 12.8. The van der Waals surface area contributed by atoms with E-state index in [-0.39, 0.29) is 28.3 Å². The molecule has 2 aromatic rings. The van der Waals surface area contributed by atoms with Crippen LogP contribution in [0.15, 0.2) is 53.4 Å². The van der Waals surface area contributed by atoms with Crippen molar-refractivity contribution in [2.45, 2.75) is 31.2 Å². The molecule has 27 heavy (non-hydrogen) atoms. The van der Waals surface area contributed by atoms with Gasteiger partial charge >= 0.3 is 0 Å². The number of carbonyl (C=O) groups excluding carboxylic acids is 1. The van der Waals surface area contributed by atoms with Crippen LogP contribution in [0, 0.1) is 11.7 Å². The summed E-state index contributed by atoms with van der Waals surface area (Å²) in [4.78, 5) is 12.2. The van der Waals surface area contributed by atoms with E-state index in [2.05, 4.69) is 5.32 Å². The first kappa shape index (κ1) is 21.1. The molecule has 1 amide bonds. The number of nitrogens with one attached hydrogen (secondary N) is 1. The summed E-state index contributed by atoms with van der Waals surface area (Å²) in [5.41, 5.74) is 1.64. The van der Waals surface area contributed by atoms with Gasteiger partial charge in [-0.1, -0.05) is 31.2 Å². The van der Waals surface area contributed by atoms with Gasteiger partial charge in [0.25, 0.3) is 0 Å². The van der Waals surface area contributed by atoms with Gasteiger partial charge in [-0.15, -0.1) is 0 Å². The van der Waals surface area contributed by atoms with Crippen LogP contribution in [0.5, 0.6) is 0 Å². The Labute approximate surface area is 159 Å². The van der Waals surface area contributed by atoms with Crippen LogP contribution in [0.25, 0.3) is 0 Å². The highest BCUT2D eigenvalue weighted by Crippen LogP contribution is 2.14. The van der Waals surface area contributed by atoms with E-state index in [1.165, 1.54) is 24.3 Å². The van der Waals surface area contributed by atoms with Gasteiger partial charge in [-0.3, -0.25) is 4.79 Å². The van der Waals surface area contributed by atoms with Gasteiger partial charge in [0.1, 0.15) is 5.82 Å². The molecule has 0 spiro atoms. The molecule has 146 valence electrons. The molecule has 0 radical (unpaired) electrons. The van der Waals surface area contributed by atoms with Crippen LogP contribution in [0.2, 0.25) is 0 Å². The Morgan fingerprint density at radius 2 is 1.85 bits per heavy atom. The lowest BCUT2D eigenvalue weighted by atomic mass is 9.97. The highest BCUT2D eigenvalue weighted by molar-refractivity contribution is 7.91. The van der Waals surface area contributed by atoms with Crippen LogP contribution in [0.3, 0.4) is 0 Å². The van der Waals surface area contributed by atoms with Gasteiger partial charge in [-0.2, -0.15) is 0 Å². The minimum Gasteiger partial charge on any atom is -0.395 e. The maximum Gasteiger partial charge on any atom is 0.220 e. The van der Waals surface area contributed by atoms with E-state index in [1.54, 1.807) is 18.2 Å². The van der Waals surface area contributed by atoms with Crippen molar-refractivity contribution in [1.29, 1.82) is 0 Å². The van der Waals surface area contributed by atoms with E-state index in [9.17, 15) is 17.6 Å².